The first kappa shape index (κ1) is 12.1. The maximum Gasteiger partial charge on any atom is 0.148 e. The number of aromatic nitrogens is 1. The Kier molecular flexibility index (Phi) is 3.48. The van der Waals surface area contributed by atoms with Crippen molar-refractivity contribution in [2.75, 3.05) is 0 Å². The molecule has 0 aliphatic rings. The number of aliphatic hydroxyl groups excluding tert-OH is 1. The molecule has 0 aliphatic carbocycles. The summed E-state index contributed by atoms with van der Waals surface area (Å²) in [5.74, 6) is 0.301. The molecule has 0 spiro atoms. The highest BCUT2D eigenvalue weighted by molar-refractivity contribution is 5.80. The average molecular weight is 235 g/mol. The van der Waals surface area contributed by atoms with Gasteiger partial charge >= 0.3 is 0 Å². The predicted molar refractivity (Wildman–Crippen MR) is 67.3 cm³/mol. The van der Waals surface area contributed by atoms with Crippen LogP contribution in [-0.2, 0) is 0 Å². The first-order valence-corrected chi connectivity index (χ1v) is 6.02. The summed E-state index contributed by atoms with van der Waals surface area (Å²) in [4.78, 5) is 2.85. The van der Waals surface area contributed by atoms with Crippen molar-refractivity contribution in [2.24, 2.45) is 5.92 Å². The van der Waals surface area contributed by atoms with E-state index in [2.05, 4.69) is 18.8 Å². The molecule has 2 nitrogen and oxygen atoms in total. The van der Waals surface area contributed by atoms with Gasteiger partial charge < -0.3 is 10.1 Å². The number of benzene rings is 1. The number of aromatic amines is 1. The topological polar surface area (TPSA) is 36.0 Å². The predicted octanol–water partition coefficient (Wildman–Crippen LogP) is 3.78. The Morgan fingerprint density at radius 3 is 2.76 bits per heavy atom. The first-order valence-electron chi connectivity index (χ1n) is 6.02. The van der Waals surface area contributed by atoms with Crippen molar-refractivity contribution >= 4 is 10.9 Å². The molecule has 1 aromatic heterocycles. The van der Waals surface area contributed by atoms with Gasteiger partial charge in [0.05, 0.1) is 6.10 Å². The number of fused-ring (bicyclic) bond motifs is 1. The van der Waals surface area contributed by atoms with Crippen LogP contribution in [0.5, 0.6) is 0 Å². The van der Waals surface area contributed by atoms with Crippen molar-refractivity contribution in [2.45, 2.75) is 32.8 Å². The van der Waals surface area contributed by atoms with Gasteiger partial charge in [-0.3, -0.25) is 0 Å². The fourth-order valence-corrected chi connectivity index (χ4v) is 1.97. The van der Waals surface area contributed by atoms with Gasteiger partial charge in [0.1, 0.15) is 5.82 Å². The van der Waals surface area contributed by atoms with Crippen LogP contribution in [0.3, 0.4) is 0 Å². The van der Waals surface area contributed by atoms with Gasteiger partial charge in [-0.25, -0.2) is 4.39 Å². The lowest BCUT2D eigenvalue weighted by Gasteiger charge is -2.12. The summed E-state index contributed by atoms with van der Waals surface area (Å²) in [5, 5.41) is 10.6. The molecule has 1 aromatic carbocycles. The normalized spacial score (nSPS) is 13.5. The number of nitrogens with one attached hydrogen (secondary N) is 1. The minimum Gasteiger partial charge on any atom is -0.388 e. The van der Waals surface area contributed by atoms with Crippen LogP contribution in [0.1, 0.15) is 38.4 Å². The van der Waals surface area contributed by atoms with Crippen molar-refractivity contribution in [3.63, 3.8) is 0 Å². The van der Waals surface area contributed by atoms with Crippen LogP contribution in [0, 0.1) is 11.7 Å². The molecule has 0 bridgehead atoms. The molecule has 0 radical (unpaired) electrons. The van der Waals surface area contributed by atoms with Crippen molar-refractivity contribution in [3.05, 3.63) is 35.8 Å². The van der Waals surface area contributed by atoms with Crippen LogP contribution < -0.4 is 0 Å². The molecule has 0 saturated heterocycles. The van der Waals surface area contributed by atoms with Crippen LogP contribution in [0.2, 0.25) is 0 Å². The van der Waals surface area contributed by atoms with Crippen LogP contribution >= 0.6 is 0 Å². The lowest BCUT2D eigenvalue weighted by molar-refractivity contribution is 0.159. The van der Waals surface area contributed by atoms with E-state index in [0.29, 0.717) is 11.3 Å². The summed E-state index contributed by atoms with van der Waals surface area (Å²) in [6, 6.07) is 5.39. The molecule has 0 amide bonds. The number of aliphatic hydroxyl groups is 1. The van der Waals surface area contributed by atoms with Crippen molar-refractivity contribution in [1.82, 2.24) is 4.98 Å². The molecule has 1 heterocycles. The summed E-state index contributed by atoms with van der Waals surface area (Å²) >= 11 is 0. The molecular formula is C14H18FNO. The summed E-state index contributed by atoms with van der Waals surface area (Å²) in [6.07, 6.45) is 2.52. The second-order valence-electron chi connectivity index (χ2n) is 4.93. The fourth-order valence-electron chi connectivity index (χ4n) is 1.97. The standard InChI is InChI=1S/C14H18FNO/c1-9(2)3-6-14(17)10-4-5-13-11(7-10)12(15)8-16-13/h4-5,7-9,14,16-17H,3,6H2,1-2H3/t14-/m0/s1. The largest absolute Gasteiger partial charge is 0.388 e. The fraction of sp³-hybridized carbons (Fsp3) is 0.429. The van der Waals surface area contributed by atoms with E-state index in [1.165, 1.54) is 6.20 Å². The molecule has 3 heteroatoms. The highest BCUT2D eigenvalue weighted by atomic mass is 19.1. The van der Waals surface area contributed by atoms with Crippen LogP contribution in [0.25, 0.3) is 10.9 Å². The maximum absolute atomic E-state index is 13.4. The van der Waals surface area contributed by atoms with Gasteiger partial charge in [0.25, 0.3) is 0 Å². The van der Waals surface area contributed by atoms with Gasteiger partial charge in [0, 0.05) is 17.1 Å². The third-order valence-corrected chi connectivity index (χ3v) is 3.06. The van der Waals surface area contributed by atoms with E-state index in [9.17, 15) is 9.50 Å². The van der Waals surface area contributed by atoms with E-state index in [0.717, 1.165) is 23.9 Å². The average Bonchev–Trinajstić information content (AvgIpc) is 2.67. The number of rotatable bonds is 4. The Morgan fingerprint density at radius 1 is 1.29 bits per heavy atom. The first-order chi connectivity index (χ1) is 8.08. The zero-order valence-corrected chi connectivity index (χ0v) is 10.2. The van der Waals surface area contributed by atoms with Gasteiger partial charge in [-0.15, -0.1) is 0 Å². The molecule has 0 fully saturated rings. The SMILES string of the molecule is CC(C)CC[C@H](O)c1ccc2[nH]cc(F)c2c1. The molecule has 1 atom stereocenters. The lowest BCUT2D eigenvalue weighted by atomic mass is 9.99. The van der Waals surface area contributed by atoms with E-state index in [-0.39, 0.29) is 5.82 Å². The lowest BCUT2D eigenvalue weighted by Crippen LogP contribution is -1.99. The molecule has 2 aromatic rings. The van der Waals surface area contributed by atoms with Crippen molar-refractivity contribution in [1.29, 1.82) is 0 Å². The minimum absolute atomic E-state index is 0.266. The Morgan fingerprint density at radius 2 is 2.06 bits per heavy atom. The summed E-state index contributed by atoms with van der Waals surface area (Å²) in [6.45, 7) is 4.25. The van der Waals surface area contributed by atoms with Gasteiger partial charge in [0.2, 0.25) is 0 Å². The molecule has 2 N–H and O–H groups in total. The third-order valence-electron chi connectivity index (χ3n) is 3.06. The van der Waals surface area contributed by atoms with Crippen LogP contribution in [-0.4, -0.2) is 10.1 Å². The zero-order valence-electron chi connectivity index (χ0n) is 10.2. The second kappa shape index (κ2) is 4.88. The van der Waals surface area contributed by atoms with E-state index in [1.807, 2.05) is 12.1 Å². The Balaban J connectivity index is 2.20. The Hall–Kier alpha value is -1.35. The van der Waals surface area contributed by atoms with Gasteiger partial charge in [-0.1, -0.05) is 19.9 Å². The van der Waals surface area contributed by atoms with Gasteiger partial charge in [-0.05, 0) is 36.5 Å². The zero-order chi connectivity index (χ0) is 12.4. The Labute approximate surface area is 100 Å². The minimum atomic E-state index is -0.504. The molecule has 2 rings (SSSR count). The van der Waals surface area contributed by atoms with Crippen molar-refractivity contribution < 1.29 is 9.50 Å². The molecule has 92 valence electrons. The molecule has 0 saturated carbocycles. The van der Waals surface area contributed by atoms with E-state index in [4.69, 9.17) is 0 Å². The molecular weight excluding hydrogens is 217 g/mol. The summed E-state index contributed by atoms with van der Waals surface area (Å²) in [7, 11) is 0. The van der Waals surface area contributed by atoms with Crippen molar-refractivity contribution in [3.8, 4) is 0 Å². The molecule has 17 heavy (non-hydrogen) atoms. The quantitative estimate of drug-likeness (QED) is 0.831. The highest BCUT2D eigenvalue weighted by Gasteiger charge is 2.11. The molecule has 0 unspecified atom stereocenters. The number of hydrogen-bond donors (Lipinski definition) is 2. The van der Waals surface area contributed by atoms with E-state index >= 15 is 0 Å². The van der Waals surface area contributed by atoms with Crippen LogP contribution in [0.15, 0.2) is 24.4 Å². The monoisotopic (exact) mass is 235 g/mol. The third kappa shape index (κ3) is 2.67. The maximum atomic E-state index is 13.4. The Bertz CT molecular complexity index is 504. The van der Waals surface area contributed by atoms with Crippen LogP contribution in [0.4, 0.5) is 4.39 Å². The van der Waals surface area contributed by atoms with E-state index in [1.54, 1.807) is 6.07 Å². The van der Waals surface area contributed by atoms with E-state index < -0.39 is 6.10 Å². The molecule has 0 aliphatic heterocycles. The highest BCUT2D eigenvalue weighted by Crippen LogP contribution is 2.25. The van der Waals surface area contributed by atoms with Gasteiger partial charge in [-0.2, -0.15) is 0 Å². The van der Waals surface area contributed by atoms with Gasteiger partial charge in [0.15, 0.2) is 0 Å². The number of halogens is 1. The summed E-state index contributed by atoms with van der Waals surface area (Å²) < 4.78 is 13.4. The second-order valence-corrected chi connectivity index (χ2v) is 4.93. The summed E-state index contributed by atoms with van der Waals surface area (Å²) in [5.41, 5.74) is 1.55. The smallest absolute Gasteiger partial charge is 0.148 e. The number of H-pyrrole nitrogens is 1. The number of hydrogen-bond acceptors (Lipinski definition) is 1.